The standard InChI is InChI=1S/C25H24N4O/c1-3-5-18-7-9-21(14-17(18)2)29-25(30)23-6-4-12-27-24(23)28-22-10-8-19-11-13-26-16-20(19)15-22/h4,6-16H,3,5H2,1-2H3,(H,27,28)(H,29,30). The molecule has 2 aromatic carbocycles. The Balaban J connectivity index is 1.56. The van der Waals surface area contributed by atoms with E-state index in [4.69, 9.17) is 0 Å². The van der Waals surface area contributed by atoms with E-state index in [0.29, 0.717) is 11.4 Å². The van der Waals surface area contributed by atoms with E-state index in [1.807, 2.05) is 42.6 Å². The fourth-order valence-electron chi connectivity index (χ4n) is 3.51. The highest BCUT2D eigenvalue weighted by Gasteiger charge is 2.13. The molecule has 2 heterocycles. The second kappa shape index (κ2) is 8.74. The van der Waals surface area contributed by atoms with Gasteiger partial charge in [0, 0.05) is 35.4 Å². The minimum Gasteiger partial charge on any atom is -0.340 e. The van der Waals surface area contributed by atoms with Gasteiger partial charge < -0.3 is 10.6 Å². The molecule has 5 heteroatoms. The summed E-state index contributed by atoms with van der Waals surface area (Å²) in [6.45, 7) is 4.24. The summed E-state index contributed by atoms with van der Waals surface area (Å²) >= 11 is 0. The number of hydrogen-bond donors (Lipinski definition) is 2. The summed E-state index contributed by atoms with van der Waals surface area (Å²) in [7, 11) is 0. The summed E-state index contributed by atoms with van der Waals surface area (Å²) in [5.74, 6) is 0.313. The van der Waals surface area contributed by atoms with Crippen LogP contribution < -0.4 is 10.6 Å². The molecule has 0 atom stereocenters. The van der Waals surface area contributed by atoms with Crippen molar-refractivity contribution in [2.45, 2.75) is 26.7 Å². The third-order valence-electron chi connectivity index (χ3n) is 5.08. The van der Waals surface area contributed by atoms with Crippen LogP contribution in [0.1, 0.15) is 34.8 Å². The third-order valence-corrected chi connectivity index (χ3v) is 5.08. The summed E-state index contributed by atoms with van der Waals surface area (Å²) in [5, 5.41) is 8.39. The van der Waals surface area contributed by atoms with Crippen LogP contribution in [0.4, 0.5) is 17.2 Å². The van der Waals surface area contributed by atoms with Gasteiger partial charge >= 0.3 is 0 Å². The number of carbonyl (C=O) groups excluding carboxylic acids is 1. The van der Waals surface area contributed by atoms with Crippen molar-refractivity contribution in [1.29, 1.82) is 0 Å². The van der Waals surface area contributed by atoms with Crippen molar-refractivity contribution >= 4 is 33.9 Å². The molecular weight excluding hydrogens is 372 g/mol. The molecule has 0 radical (unpaired) electrons. The highest BCUT2D eigenvalue weighted by Crippen LogP contribution is 2.24. The topological polar surface area (TPSA) is 66.9 Å². The van der Waals surface area contributed by atoms with E-state index < -0.39 is 0 Å². The maximum Gasteiger partial charge on any atom is 0.259 e. The van der Waals surface area contributed by atoms with E-state index >= 15 is 0 Å². The van der Waals surface area contributed by atoms with Gasteiger partial charge in [0.1, 0.15) is 5.82 Å². The van der Waals surface area contributed by atoms with Crippen LogP contribution in [-0.4, -0.2) is 15.9 Å². The van der Waals surface area contributed by atoms with Crippen molar-refractivity contribution in [3.63, 3.8) is 0 Å². The van der Waals surface area contributed by atoms with Crippen LogP contribution in [0.2, 0.25) is 0 Å². The molecule has 0 fully saturated rings. The predicted molar refractivity (Wildman–Crippen MR) is 122 cm³/mol. The van der Waals surface area contributed by atoms with Gasteiger partial charge in [-0.15, -0.1) is 0 Å². The van der Waals surface area contributed by atoms with E-state index in [9.17, 15) is 4.79 Å². The van der Waals surface area contributed by atoms with Crippen LogP contribution in [0.25, 0.3) is 10.8 Å². The van der Waals surface area contributed by atoms with Gasteiger partial charge in [-0.2, -0.15) is 0 Å². The number of nitrogens with zero attached hydrogens (tertiary/aromatic N) is 2. The second-order valence-corrected chi connectivity index (χ2v) is 7.31. The van der Waals surface area contributed by atoms with Crippen LogP contribution in [0, 0.1) is 6.92 Å². The molecule has 0 saturated carbocycles. The normalized spacial score (nSPS) is 10.7. The molecule has 30 heavy (non-hydrogen) atoms. The predicted octanol–water partition coefficient (Wildman–Crippen LogP) is 5.89. The smallest absolute Gasteiger partial charge is 0.259 e. The zero-order valence-corrected chi connectivity index (χ0v) is 17.1. The zero-order valence-electron chi connectivity index (χ0n) is 17.1. The molecular formula is C25H24N4O. The van der Waals surface area contributed by atoms with Crippen molar-refractivity contribution in [3.8, 4) is 0 Å². The zero-order chi connectivity index (χ0) is 20.9. The molecule has 150 valence electrons. The first-order chi connectivity index (χ1) is 14.6. The summed E-state index contributed by atoms with van der Waals surface area (Å²) in [4.78, 5) is 21.5. The molecule has 0 saturated heterocycles. The number of hydrogen-bond acceptors (Lipinski definition) is 4. The van der Waals surface area contributed by atoms with E-state index in [2.05, 4.69) is 40.5 Å². The van der Waals surface area contributed by atoms with Gasteiger partial charge in [-0.05, 0) is 72.3 Å². The molecule has 2 aromatic heterocycles. The number of fused-ring (bicyclic) bond motifs is 1. The number of aryl methyl sites for hydroxylation is 2. The van der Waals surface area contributed by atoms with Crippen molar-refractivity contribution in [3.05, 3.63) is 89.9 Å². The molecule has 1 amide bonds. The number of benzene rings is 2. The largest absolute Gasteiger partial charge is 0.340 e. The Morgan fingerprint density at radius 2 is 1.83 bits per heavy atom. The van der Waals surface area contributed by atoms with E-state index in [-0.39, 0.29) is 5.91 Å². The number of anilines is 3. The van der Waals surface area contributed by atoms with E-state index in [1.165, 1.54) is 11.1 Å². The van der Waals surface area contributed by atoms with Crippen molar-refractivity contribution in [2.75, 3.05) is 10.6 Å². The molecule has 0 aliphatic rings. The molecule has 2 N–H and O–H groups in total. The average molecular weight is 396 g/mol. The highest BCUT2D eigenvalue weighted by atomic mass is 16.1. The summed E-state index contributed by atoms with van der Waals surface area (Å²) in [6, 6.07) is 17.5. The number of pyridine rings is 2. The van der Waals surface area contributed by atoms with Crippen LogP contribution in [-0.2, 0) is 6.42 Å². The molecule has 4 aromatic rings. The summed E-state index contributed by atoms with van der Waals surface area (Å²) < 4.78 is 0. The van der Waals surface area contributed by atoms with Gasteiger partial charge in [0.15, 0.2) is 0 Å². The molecule has 0 bridgehead atoms. The molecule has 4 rings (SSSR count). The fourth-order valence-corrected chi connectivity index (χ4v) is 3.51. The van der Waals surface area contributed by atoms with Crippen LogP contribution in [0.3, 0.4) is 0 Å². The number of carbonyl (C=O) groups is 1. The van der Waals surface area contributed by atoms with E-state index in [0.717, 1.165) is 35.0 Å². The fraction of sp³-hybridized carbons (Fsp3) is 0.160. The summed E-state index contributed by atoms with van der Waals surface area (Å²) in [5.41, 5.74) is 4.61. The third kappa shape index (κ3) is 4.30. The maximum atomic E-state index is 13.0. The number of aromatic nitrogens is 2. The first kappa shape index (κ1) is 19.6. The van der Waals surface area contributed by atoms with Gasteiger partial charge in [-0.1, -0.05) is 25.5 Å². The van der Waals surface area contributed by atoms with Crippen molar-refractivity contribution in [2.24, 2.45) is 0 Å². The minimum atomic E-state index is -0.198. The Morgan fingerprint density at radius 3 is 2.67 bits per heavy atom. The number of amides is 1. The number of rotatable bonds is 6. The van der Waals surface area contributed by atoms with Gasteiger partial charge in [0.2, 0.25) is 0 Å². The van der Waals surface area contributed by atoms with Gasteiger partial charge in [-0.3, -0.25) is 9.78 Å². The SMILES string of the molecule is CCCc1ccc(NC(=O)c2cccnc2Nc2ccc3ccncc3c2)cc1C. The Hall–Kier alpha value is -3.73. The van der Waals surface area contributed by atoms with Gasteiger partial charge in [0.05, 0.1) is 5.56 Å². The Bertz CT molecular complexity index is 1200. The second-order valence-electron chi connectivity index (χ2n) is 7.31. The Morgan fingerprint density at radius 1 is 0.967 bits per heavy atom. The number of nitrogens with one attached hydrogen (secondary N) is 2. The molecule has 0 aliphatic carbocycles. The molecule has 0 aliphatic heterocycles. The minimum absolute atomic E-state index is 0.198. The lowest BCUT2D eigenvalue weighted by molar-refractivity contribution is 0.102. The summed E-state index contributed by atoms with van der Waals surface area (Å²) in [6.07, 6.45) is 7.40. The first-order valence-corrected chi connectivity index (χ1v) is 10.1. The molecule has 5 nitrogen and oxygen atoms in total. The Labute approximate surface area is 176 Å². The maximum absolute atomic E-state index is 13.0. The van der Waals surface area contributed by atoms with E-state index in [1.54, 1.807) is 24.5 Å². The lowest BCUT2D eigenvalue weighted by Crippen LogP contribution is -2.15. The molecule has 0 unspecified atom stereocenters. The highest BCUT2D eigenvalue weighted by molar-refractivity contribution is 6.08. The average Bonchev–Trinajstić information content (AvgIpc) is 2.76. The lowest BCUT2D eigenvalue weighted by atomic mass is 10.0. The van der Waals surface area contributed by atoms with Gasteiger partial charge in [0.25, 0.3) is 5.91 Å². The van der Waals surface area contributed by atoms with Gasteiger partial charge in [-0.25, -0.2) is 4.98 Å². The van der Waals surface area contributed by atoms with Crippen molar-refractivity contribution in [1.82, 2.24) is 9.97 Å². The van der Waals surface area contributed by atoms with Crippen LogP contribution in [0.5, 0.6) is 0 Å². The first-order valence-electron chi connectivity index (χ1n) is 10.1. The monoisotopic (exact) mass is 396 g/mol. The molecule has 0 spiro atoms. The lowest BCUT2D eigenvalue weighted by Gasteiger charge is -2.13. The van der Waals surface area contributed by atoms with Crippen LogP contribution in [0.15, 0.2) is 73.2 Å². The quantitative estimate of drug-likeness (QED) is 0.427. The Kier molecular flexibility index (Phi) is 5.70. The van der Waals surface area contributed by atoms with Crippen LogP contribution >= 0.6 is 0 Å². The van der Waals surface area contributed by atoms with Crippen molar-refractivity contribution < 1.29 is 4.79 Å².